The first-order valence-electron chi connectivity index (χ1n) is 5.75. The topological polar surface area (TPSA) is 65.0 Å². The number of ether oxygens (including phenoxy) is 2. The molecule has 5 nitrogen and oxygen atoms in total. The summed E-state index contributed by atoms with van der Waals surface area (Å²) < 4.78 is 9.91. The van der Waals surface area contributed by atoms with E-state index in [1.165, 1.54) is 20.1 Å². The molecule has 0 aromatic carbocycles. The van der Waals surface area contributed by atoms with E-state index < -0.39 is 23.6 Å². The van der Waals surface area contributed by atoms with Crippen LogP contribution in [0, 0.1) is 5.92 Å². The molecule has 19 heavy (non-hydrogen) atoms. The van der Waals surface area contributed by atoms with Gasteiger partial charge in [0, 0.05) is 20.1 Å². The van der Waals surface area contributed by atoms with E-state index in [-0.39, 0.29) is 0 Å². The molecule has 102 valence electrons. The maximum absolute atomic E-state index is 11.6. The van der Waals surface area contributed by atoms with Crippen molar-refractivity contribution in [3.05, 3.63) is 36.6 Å². The van der Waals surface area contributed by atoms with Crippen molar-refractivity contribution in [3.8, 4) is 0 Å². The lowest BCUT2D eigenvalue weighted by atomic mass is 10.1. The van der Waals surface area contributed by atoms with Crippen molar-refractivity contribution in [1.29, 1.82) is 0 Å². The van der Waals surface area contributed by atoms with E-state index in [0.717, 1.165) is 5.57 Å². The molecule has 0 bridgehead atoms. The molecule has 0 aromatic rings. The van der Waals surface area contributed by atoms with Gasteiger partial charge in [0.1, 0.15) is 0 Å². The van der Waals surface area contributed by atoms with Gasteiger partial charge in [-0.25, -0.2) is 0 Å². The standard InChI is InChI=1S/C14H17NO4/c1-6-9(2)7-10(3)15-8-11-12(16)18-14(4,5)19-13(11)17/h6-8,11H,1,3H2,2,4-5H3/b9-7-,15-8?. The highest BCUT2D eigenvalue weighted by Crippen LogP contribution is 2.22. The van der Waals surface area contributed by atoms with Crippen LogP contribution in [0.5, 0.6) is 0 Å². The van der Waals surface area contributed by atoms with Crippen molar-refractivity contribution in [3.63, 3.8) is 0 Å². The number of hydrogen-bond donors (Lipinski definition) is 0. The van der Waals surface area contributed by atoms with Gasteiger partial charge < -0.3 is 9.47 Å². The molecule has 0 atom stereocenters. The van der Waals surface area contributed by atoms with Crippen LogP contribution in [0.2, 0.25) is 0 Å². The van der Waals surface area contributed by atoms with Crippen molar-refractivity contribution < 1.29 is 19.1 Å². The summed E-state index contributed by atoms with van der Waals surface area (Å²) in [5, 5.41) is 0. The molecule has 1 fully saturated rings. The summed E-state index contributed by atoms with van der Waals surface area (Å²) in [7, 11) is 0. The number of nitrogens with zero attached hydrogens (tertiary/aromatic N) is 1. The van der Waals surface area contributed by atoms with Crippen molar-refractivity contribution in [2.24, 2.45) is 10.9 Å². The predicted molar refractivity (Wildman–Crippen MR) is 71.3 cm³/mol. The molecular weight excluding hydrogens is 246 g/mol. The smallest absolute Gasteiger partial charge is 0.329 e. The van der Waals surface area contributed by atoms with Gasteiger partial charge in [-0.1, -0.05) is 19.2 Å². The number of allylic oxidation sites excluding steroid dienone is 3. The number of carbonyl (C=O) groups is 2. The Labute approximate surface area is 112 Å². The lowest BCUT2D eigenvalue weighted by Crippen LogP contribution is -2.46. The summed E-state index contributed by atoms with van der Waals surface area (Å²) in [4.78, 5) is 27.2. The Bertz CT molecular complexity index is 466. The molecule has 1 rings (SSSR count). The monoisotopic (exact) mass is 263 g/mol. The van der Waals surface area contributed by atoms with Gasteiger partial charge in [-0.05, 0) is 18.6 Å². The van der Waals surface area contributed by atoms with Gasteiger partial charge in [-0.2, -0.15) is 0 Å². The quantitative estimate of drug-likeness (QED) is 0.337. The van der Waals surface area contributed by atoms with Crippen molar-refractivity contribution in [1.82, 2.24) is 0 Å². The molecule has 1 aliphatic heterocycles. The highest BCUT2D eigenvalue weighted by molar-refractivity contribution is 6.10. The van der Waals surface area contributed by atoms with Crippen LogP contribution in [-0.2, 0) is 19.1 Å². The van der Waals surface area contributed by atoms with E-state index >= 15 is 0 Å². The van der Waals surface area contributed by atoms with Gasteiger partial charge in [0.15, 0.2) is 5.92 Å². The van der Waals surface area contributed by atoms with Crippen LogP contribution in [0.15, 0.2) is 41.6 Å². The Kier molecular flexibility index (Phi) is 4.43. The SMILES string of the molecule is C=C/C(C)=C\C(=C)N=CC1C(=O)OC(C)(C)OC1=O. The Hall–Kier alpha value is -2.17. The fraction of sp³-hybridized carbons (Fsp3) is 0.357. The normalized spacial score (nSPS) is 20.1. The molecule has 1 saturated heterocycles. The van der Waals surface area contributed by atoms with Crippen LogP contribution in [0.3, 0.4) is 0 Å². The zero-order valence-electron chi connectivity index (χ0n) is 11.3. The molecule has 1 aliphatic rings. The number of cyclic esters (lactones) is 2. The van der Waals surface area contributed by atoms with Gasteiger partial charge in [0.25, 0.3) is 5.79 Å². The number of hydrogen-bond acceptors (Lipinski definition) is 5. The second-order valence-electron chi connectivity index (χ2n) is 4.58. The summed E-state index contributed by atoms with van der Waals surface area (Å²) in [5.41, 5.74) is 1.28. The Morgan fingerprint density at radius 1 is 1.32 bits per heavy atom. The highest BCUT2D eigenvalue weighted by atomic mass is 16.7. The Morgan fingerprint density at radius 2 is 1.84 bits per heavy atom. The molecule has 0 radical (unpaired) electrons. The average molecular weight is 263 g/mol. The van der Waals surface area contributed by atoms with Crippen molar-refractivity contribution in [2.75, 3.05) is 0 Å². The largest absolute Gasteiger partial charge is 0.422 e. The third-order valence-electron chi connectivity index (χ3n) is 2.31. The lowest BCUT2D eigenvalue weighted by molar-refractivity contribution is -0.235. The van der Waals surface area contributed by atoms with E-state index in [2.05, 4.69) is 18.2 Å². The van der Waals surface area contributed by atoms with E-state index in [1.807, 2.05) is 6.92 Å². The zero-order valence-corrected chi connectivity index (χ0v) is 11.3. The summed E-state index contributed by atoms with van der Waals surface area (Å²) in [6.45, 7) is 12.1. The summed E-state index contributed by atoms with van der Waals surface area (Å²) >= 11 is 0. The minimum absolute atomic E-state index is 0.405. The maximum atomic E-state index is 11.6. The van der Waals surface area contributed by atoms with Crippen LogP contribution in [0.4, 0.5) is 0 Å². The van der Waals surface area contributed by atoms with E-state index in [4.69, 9.17) is 9.47 Å². The van der Waals surface area contributed by atoms with Gasteiger partial charge in [-0.15, -0.1) is 0 Å². The minimum atomic E-state index is -1.23. The van der Waals surface area contributed by atoms with E-state index in [0.29, 0.717) is 5.70 Å². The first-order valence-corrected chi connectivity index (χ1v) is 5.75. The molecule has 0 spiro atoms. The second-order valence-corrected chi connectivity index (χ2v) is 4.58. The Morgan fingerprint density at radius 3 is 2.32 bits per heavy atom. The van der Waals surface area contributed by atoms with Crippen LogP contribution in [0.1, 0.15) is 20.8 Å². The zero-order chi connectivity index (χ0) is 14.6. The van der Waals surface area contributed by atoms with Crippen molar-refractivity contribution >= 4 is 18.2 Å². The maximum Gasteiger partial charge on any atom is 0.329 e. The van der Waals surface area contributed by atoms with Gasteiger partial charge in [0.2, 0.25) is 0 Å². The first kappa shape index (κ1) is 14.9. The number of carbonyl (C=O) groups excluding carboxylic acids is 2. The third kappa shape index (κ3) is 4.21. The molecule has 0 aliphatic carbocycles. The molecule has 0 aromatic heterocycles. The highest BCUT2D eigenvalue weighted by Gasteiger charge is 2.42. The fourth-order valence-electron chi connectivity index (χ4n) is 1.38. The predicted octanol–water partition coefficient (Wildman–Crippen LogP) is 2.16. The number of aliphatic imine (C=N–C) groups is 1. The molecule has 0 N–H and O–H groups in total. The molecular formula is C14H17NO4. The van der Waals surface area contributed by atoms with Gasteiger partial charge >= 0.3 is 11.9 Å². The Balaban J connectivity index is 2.77. The van der Waals surface area contributed by atoms with Crippen molar-refractivity contribution in [2.45, 2.75) is 26.6 Å². The lowest BCUT2D eigenvalue weighted by Gasteiger charge is -2.31. The van der Waals surface area contributed by atoms with Crippen LogP contribution >= 0.6 is 0 Å². The number of esters is 2. The number of rotatable bonds is 4. The molecule has 0 unspecified atom stereocenters. The molecule has 5 heteroatoms. The van der Waals surface area contributed by atoms with E-state index in [1.54, 1.807) is 12.2 Å². The third-order valence-corrected chi connectivity index (χ3v) is 2.31. The van der Waals surface area contributed by atoms with Crippen LogP contribution in [0.25, 0.3) is 0 Å². The van der Waals surface area contributed by atoms with Crippen LogP contribution in [-0.4, -0.2) is 23.9 Å². The minimum Gasteiger partial charge on any atom is -0.422 e. The first-order chi connectivity index (χ1) is 8.75. The second kappa shape index (κ2) is 5.65. The molecule has 0 amide bonds. The van der Waals surface area contributed by atoms with Crippen LogP contribution < -0.4 is 0 Å². The summed E-state index contributed by atoms with van der Waals surface area (Å²) in [5.74, 6) is -3.74. The fourth-order valence-corrected chi connectivity index (χ4v) is 1.38. The summed E-state index contributed by atoms with van der Waals surface area (Å²) in [6, 6.07) is 0. The molecule has 1 heterocycles. The van der Waals surface area contributed by atoms with E-state index in [9.17, 15) is 9.59 Å². The summed E-state index contributed by atoms with van der Waals surface area (Å²) in [6.07, 6.45) is 4.49. The average Bonchev–Trinajstić information content (AvgIpc) is 2.25. The molecule has 0 saturated carbocycles. The van der Waals surface area contributed by atoms with Gasteiger partial charge in [-0.3, -0.25) is 14.6 Å². The van der Waals surface area contributed by atoms with Gasteiger partial charge in [0.05, 0.1) is 5.70 Å².